The molecule has 0 aliphatic carbocycles. The van der Waals surface area contributed by atoms with Crippen LogP contribution in [0, 0.1) is 0 Å². The highest BCUT2D eigenvalue weighted by atomic mass is 32.2. The fourth-order valence-corrected chi connectivity index (χ4v) is 3.15. The summed E-state index contributed by atoms with van der Waals surface area (Å²) < 4.78 is 25.7. The van der Waals surface area contributed by atoms with Gasteiger partial charge in [0.1, 0.15) is 0 Å². The third-order valence-corrected chi connectivity index (χ3v) is 4.67. The summed E-state index contributed by atoms with van der Waals surface area (Å²) in [6.45, 7) is 7.48. The fraction of sp³-hybridized carbons (Fsp3) is 1.00. The third-order valence-electron chi connectivity index (χ3n) is 2.72. The van der Waals surface area contributed by atoms with Crippen LogP contribution in [0.25, 0.3) is 0 Å². The van der Waals surface area contributed by atoms with E-state index >= 15 is 0 Å². The second kappa shape index (κ2) is 9.72. The number of nitrogens with zero attached hydrogens (tertiary/aromatic N) is 2. The molecule has 0 fully saturated rings. The number of hydrogen-bond acceptors (Lipinski definition) is 4. The van der Waals surface area contributed by atoms with E-state index < -0.39 is 10.0 Å². The Bertz CT molecular complexity index is 292. The van der Waals surface area contributed by atoms with E-state index in [1.54, 1.807) is 4.31 Å². The maximum absolute atomic E-state index is 12.1. The Morgan fingerprint density at radius 2 is 1.72 bits per heavy atom. The molecule has 0 spiro atoms. The fourth-order valence-electron chi connectivity index (χ4n) is 1.69. The van der Waals surface area contributed by atoms with E-state index in [9.17, 15) is 8.42 Å². The van der Waals surface area contributed by atoms with Crippen molar-refractivity contribution < 1.29 is 8.42 Å². The summed E-state index contributed by atoms with van der Waals surface area (Å²) in [6, 6.07) is 0. The molecule has 0 saturated heterocycles. The van der Waals surface area contributed by atoms with Crippen molar-refractivity contribution in [2.24, 2.45) is 0 Å². The summed E-state index contributed by atoms with van der Waals surface area (Å²) in [4.78, 5) is 2.07. The van der Waals surface area contributed by atoms with Gasteiger partial charge in [-0.05, 0) is 40.0 Å². The van der Waals surface area contributed by atoms with Crippen LogP contribution in [0.1, 0.15) is 26.7 Å². The lowest BCUT2D eigenvalue weighted by Gasteiger charge is -2.21. The Kier molecular flexibility index (Phi) is 9.63. The summed E-state index contributed by atoms with van der Waals surface area (Å²) in [6.07, 6.45) is 1.91. The smallest absolute Gasteiger partial charge is 0.215 e. The maximum Gasteiger partial charge on any atom is 0.215 e. The molecule has 0 aliphatic rings. The van der Waals surface area contributed by atoms with E-state index in [-0.39, 0.29) is 5.75 Å². The molecule has 5 nitrogen and oxygen atoms in total. The molecule has 0 rings (SSSR count). The van der Waals surface area contributed by atoms with E-state index in [0.717, 1.165) is 25.9 Å². The minimum Gasteiger partial charge on any atom is -0.316 e. The molecular weight excluding hydrogens is 250 g/mol. The number of rotatable bonds is 11. The Morgan fingerprint density at radius 3 is 2.22 bits per heavy atom. The van der Waals surface area contributed by atoms with Crippen LogP contribution in [0.3, 0.4) is 0 Å². The highest BCUT2D eigenvalue weighted by Gasteiger charge is 2.19. The van der Waals surface area contributed by atoms with Crippen molar-refractivity contribution in [3.63, 3.8) is 0 Å². The first-order chi connectivity index (χ1) is 8.44. The topological polar surface area (TPSA) is 52.7 Å². The predicted molar refractivity (Wildman–Crippen MR) is 77.4 cm³/mol. The summed E-state index contributed by atoms with van der Waals surface area (Å²) in [5, 5.41) is 3.13. The first-order valence-corrected chi connectivity index (χ1v) is 8.38. The zero-order chi connectivity index (χ0) is 14.0. The van der Waals surface area contributed by atoms with Crippen LogP contribution in [-0.2, 0) is 10.0 Å². The molecule has 0 heterocycles. The normalized spacial score (nSPS) is 12.6. The second-order valence-corrected chi connectivity index (χ2v) is 6.80. The van der Waals surface area contributed by atoms with Gasteiger partial charge in [-0.1, -0.05) is 13.8 Å². The van der Waals surface area contributed by atoms with E-state index in [2.05, 4.69) is 17.1 Å². The maximum atomic E-state index is 12.1. The zero-order valence-corrected chi connectivity index (χ0v) is 13.1. The molecule has 0 saturated carbocycles. The molecule has 0 unspecified atom stereocenters. The molecule has 0 aromatic rings. The van der Waals surface area contributed by atoms with Crippen LogP contribution in [0.4, 0.5) is 0 Å². The summed E-state index contributed by atoms with van der Waals surface area (Å²) in [5.41, 5.74) is 0. The number of sulfonamides is 1. The van der Waals surface area contributed by atoms with Crippen molar-refractivity contribution in [1.82, 2.24) is 14.5 Å². The highest BCUT2D eigenvalue weighted by Crippen LogP contribution is 2.02. The number of nitrogens with one attached hydrogen (secondary N) is 1. The molecule has 18 heavy (non-hydrogen) atoms. The summed E-state index contributed by atoms with van der Waals surface area (Å²) >= 11 is 0. The predicted octanol–water partition coefficient (Wildman–Crippen LogP) is 0.589. The van der Waals surface area contributed by atoms with Crippen LogP contribution in [0.2, 0.25) is 0 Å². The van der Waals surface area contributed by atoms with Crippen molar-refractivity contribution in [1.29, 1.82) is 0 Å². The van der Waals surface area contributed by atoms with Crippen molar-refractivity contribution >= 4 is 10.0 Å². The SMILES string of the molecule is CCCNCCS(=O)(=O)N(CC)CCCN(C)C. The van der Waals surface area contributed by atoms with Crippen molar-refractivity contribution in [2.45, 2.75) is 26.7 Å². The largest absolute Gasteiger partial charge is 0.316 e. The lowest BCUT2D eigenvalue weighted by molar-refractivity contribution is 0.356. The van der Waals surface area contributed by atoms with Crippen LogP contribution >= 0.6 is 0 Å². The van der Waals surface area contributed by atoms with Crippen molar-refractivity contribution in [2.75, 3.05) is 52.6 Å². The van der Waals surface area contributed by atoms with E-state index in [1.165, 1.54) is 0 Å². The lowest BCUT2D eigenvalue weighted by atomic mass is 10.4. The summed E-state index contributed by atoms with van der Waals surface area (Å²) in [7, 11) is 0.900. The average molecular weight is 279 g/mol. The van der Waals surface area contributed by atoms with Crippen molar-refractivity contribution in [3.8, 4) is 0 Å². The van der Waals surface area contributed by atoms with Crippen LogP contribution in [0.15, 0.2) is 0 Å². The van der Waals surface area contributed by atoms with Gasteiger partial charge in [-0.25, -0.2) is 12.7 Å². The molecular formula is C12H29N3O2S. The first-order valence-electron chi connectivity index (χ1n) is 6.77. The van der Waals surface area contributed by atoms with Crippen molar-refractivity contribution in [3.05, 3.63) is 0 Å². The molecule has 1 N–H and O–H groups in total. The van der Waals surface area contributed by atoms with Gasteiger partial charge in [-0.3, -0.25) is 0 Å². The van der Waals surface area contributed by atoms with Gasteiger partial charge in [0.2, 0.25) is 10.0 Å². The Hall–Kier alpha value is -0.170. The van der Waals surface area contributed by atoms with Gasteiger partial charge in [0, 0.05) is 19.6 Å². The van der Waals surface area contributed by atoms with Crippen LogP contribution < -0.4 is 5.32 Å². The molecule has 0 aliphatic heterocycles. The molecule has 110 valence electrons. The van der Waals surface area contributed by atoms with Gasteiger partial charge < -0.3 is 10.2 Å². The molecule has 0 aromatic carbocycles. The van der Waals surface area contributed by atoms with Crippen LogP contribution in [0.5, 0.6) is 0 Å². The summed E-state index contributed by atoms with van der Waals surface area (Å²) in [5.74, 6) is 0.197. The second-order valence-electron chi connectivity index (χ2n) is 4.71. The van der Waals surface area contributed by atoms with Gasteiger partial charge in [0.05, 0.1) is 5.75 Å². The average Bonchev–Trinajstić information content (AvgIpc) is 2.29. The lowest BCUT2D eigenvalue weighted by Crippen LogP contribution is -2.37. The number of hydrogen-bond donors (Lipinski definition) is 1. The Morgan fingerprint density at radius 1 is 1.06 bits per heavy atom. The van der Waals surface area contributed by atoms with Crippen LogP contribution in [-0.4, -0.2) is 70.2 Å². The van der Waals surface area contributed by atoms with Gasteiger partial charge in [0.25, 0.3) is 0 Å². The molecule has 0 aromatic heterocycles. The standard InChI is InChI=1S/C12H29N3O2S/c1-5-8-13-9-12-18(16,17)15(6-2)11-7-10-14(3)4/h13H,5-12H2,1-4H3. The monoisotopic (exact) mass is 279 g/mol. The van der Waals surface area contributed by atoms with Gasteiger partial charge in [-0.2, -0.15) is 0 Å². The zero-order valence-electron chi connectivity index (χ0n) is 12.3. The molecule has 0 radical (unpaired) electrons. The van der Waals surface area contributed by atoms with Gasteiger partial charge in [0.15, 0.2) is 0 Å². The van der Waals surface area contributed by atoms with E-state index in [0.29, 0.717) is 19.6 Å². The van der Waals surface area contributed by atoms with Gasteiger partial charge in [-0.15, -0.1) is 0 Å². The molecule has 0 amide bonds. The first kappa shape index (κ1) is 17.8. The minimum atomic E-state index is -3.10. The Labute approximate surface area is 113 Å². The van der Waals surface area contributed by atoms with E-state index in [1.807, 2.05) is 21.0 Å². The highest BCUT2D eigenvalue weighted by molar-refractivity contribution is 7.89. The molecule has 0 bridgehead atoms. The Balaban J connectivity index is 4.09. The molecule has 0 atom stereocenters. The van der Waals surface area contributed by atoms with E-state index in [4.69, 9.17) is 0 Å². The quantitative estimate of drug-likeness (QED) is 0.563. The molecule has 6 heteroatoms. The third kappa shape index (κ3) is 8.02. The van der Waals surface area contributed by atoms with Gasteiger partial charge >= 0.3 is 0 Å². The minimum absolute atomic E-state index is 0.197.